The fourth-order valence-corrected chi connectivity index (χ4v) is 3.68. The molecule has 1 fully saturated rings. The lowest BCUT2D eigenvalue weighted by molar-refractivity contribution is -0.154. The normalized spacial score (nSPS) is 18.6. The maximum Gasteiger partial charge on any atom is 0.334 e. The molecule has 116 valence electrons. The summed E-state index contributed by atoms with van der Waals surface area (Å²) >= 11 is 1.30. The Bertz CT molecular complexity index is 757. The number of nitrogens with zero attached hydrogens (tertiary/aromatic N) is 1. The monoisotopic (exact) mass is 323 g/mol. The Morgan fingerprint density at radius 1 is 1.45 bits per heavy atom. The van der Waals surface area contributed by atoms with Crippen LogP contribution in [0, 0.1) is 12.7 Å². The van der Waals surface area contributed by atoms with Gasteiger partial charge in [0.1, 0.15) is 5.82 Å². The summed E-state index contributed by atoms with van der Waals surface area (Å²) in [6.45, 7) is 2.35. The van der Waals surface area contributed by atoms with Crippen molar-refractivity contribution in [2.24, 2.45) is 0 Å². The number of hydrogen-bond acceptors (Lipinski definition) is 4. The molecule has 1 amide bonds. The van der Waals surface area contributed by atoms with Gasteiger partial charge in [0.25, 0.3) is 5.91 Å². The molecule has 1 N–H and O–H groups in total. The summed E-state index contributed by atoms with van der Waals surface area (Å²) in [6.07, 6.45) is -0.996. The Balaban J connectivity index is 1.92. The fraction of sp³-hybridized carbons (Fsp3) is 0.333. The molecule has 2 aromatic rings. The number of amides is 1. The van der Waals surface area contributed by atoms with Gasteiger partial charge >= 0.3 is 5.97 Å². The summed E-state index contributed by atoms with van der Waals surface area (Å²) in [5, 5.41) is 9.72. The summed E-state index contributed by atoms with van der Waals surface area (Å²) in [7, 11) is 0. The molecule has 1 aliphatic rings. The quantitative estimate of drug-likeness (QED) is 0.921. The molecule has 7 heteroatoms. The van der Waals surface area contributed by atoms with E-state index in [1.54, 1.807) is 13.0 Å². The third-order valence-electron chi connectivity index (χ3n) is 3.72. The van der Waals surface area contributed by atoms with Gasteiger partial charge in [-0.3, -0.25) is 4.79 Å². The van der Waals surface area contributed by atoms with E-state index in [-0.39, 0.29) is 24.9 Å². The number of hydrogen-bond donors (Lipinski definition) is 1. The van der Waals surface area contributed by atoms with E-state index in [2.05, 4.69) is 0 Å². The Kier molecular flexibility index (Phi) is 3.84. The van der Waals surface area contributed by atoms with Crippen molar-refractivity contribution in [2.75, 3.05) is 19.7 Å². The Morgan fingerprint density at radius 2 is 2.23 bits per heavy atom. The Hall–Kier alpha value is -1.99. The fourth-order valence-electron chi connectivity index (χ4n) is 2.52. The number of aryl methyl sites for hydroxylation is 1. The molecule has 1 atom stereocenters. The van der Waals surface area contributed by atoms with Crippen molar-refractivity contribution in [1.82, 2.24) is 4.90 Å². The van der Waals surface area contributed by atoms with Crippen molar-refractivity contribution in [3.63, 3.8) is 0 Å². The van der Waals surface area contributed by atoms with Crippen LogP contribution in [0.25, 0.3) is 10.1 Å². The number of carbonyl (C=O) groups is 2. The van der Waals surface area contributed by atoms with E-state index >= 15 is 0 Å². The highest BCUT2D eigenvalue weighted by Crippen LogP contribution is 2.32. The first-order chi connectivity index (χ1) is 10.5. The van der Waals surface area contributed by atoms with Crippen LogP contribution in [-0.4, -0.2) is 47.7 Å². The molecule has 1 unspecified atom stereocenters. The minimum atomic E-state index is -1.08. The maximum absolute atomic E-state index is 13.3. The smallest absolute Gasteiger partial charge is 0.334 e. The molecular formula is C15H14FNO4S. The van der Waals surface area contributed by atoms with Crippen LogP contribution >= 0.6 is 11.3 Å². The summed E-state index contributed by atoms with van der Waals surface area (Å²) < 4.78 is 19.3. The first-order valence-corrected chi connectivity index (χ1v) is 7.61. The summed E-state index contributed by atoms with van der Waals surface area (Å²) in [6, 6.07) is 4.43. The molecule has 0 radical (unpaired) electrons. The van der Waals surface area contributed by atoms with Gasteiger partial charge in [-0.25, -0.2) is 9.18 Å². The van der Waals surface area contributed by atoms with Gasteiger partial charge < -0.3 is 14.7 Å². The molecule has 22 heavy (non-hydrogen) atoms. The van der Waals surface area contributed by atoms with Gasteiger partial charge in [-0.1, -0.05) is 0 Å². The van der Waals surface area contributed by atoms with Crippen LogP contribution in [0.15, 0.2) is 18.2 Å². The zero-order valence-corrected chi connectivity index (χ0v) is 12.7. The average molecular weight is 323 g/mol. The molecular weight excluding hydrogens is 309 g/mol. The van der Waals surface area contributed by atoms with Crippen LogP contribution in [-0.2, 0) is 9.53 Å². The zero-order chi connectivity index (χ0) is 15.9. The third-order valence-corrected chi connectivity index (χ3v) is 4.98. The topological polar surface area (TPSA) is 66.8 Å². The number of ether oxygens (including phenoxy) is 1. The standard InChI is InChI=1S/C15H14FNO4S/c1-8-10-6-9(16)2-3-12(10)22-13(8)14(18)17-4-5-21-11(7-17)15(19)20/h2-3,6,11H,4-5,7H2,1H3,(H,19,20). The summed E-state index contributed by atoms with van der Waals surface area (Å²) in [5.74, 6) is -1.65. The van der Waals surface area contributed by atoms with Crippen molar-refractivity contribution in [3.8, 4) is 0 Å². The predicted molar refractivity (Wildman–Crippen MR) is 79.8 cm³/mol. The van der Waals surface area contributed by atoms with Gasteiger partial charge in [0.05, 0.1) is 18.0 Å². The number of thiophene rings is 1. The second kappa shape index (κ2) is 5.66. The number of halogens is 1. The van der Waals surface area contributed by atoms with Gasteiger partial charge in [0.2, 0.25) is 0 Å². The molecule has 5 nitrogen and oxygen atoms in total. The van der Waals surface area contributed by atoms with Gasteiger partial charge in [-0.2, -0.15) is 0 Å². The first kappa shape index (κ1) is 14.9. The summed E-state index contributed by atoms with van der Waals surface area (Å²) in [4.78, 5) is 25.6. The van der Waals surface area contributed by atoms with Crippen LogP contribution in [0.1, 0.15) is 15.2 Å². The second-order valence-electron chi connectivity index (χ2n) is 5.15. The van der Waals surface area contributed by atoms with E-state index in [4.69, 9.17) is 9.84 Å². The SMILES string of the molecule is Cc1c(C(=O)N2CCOC(C(=O)O)C2)sc2ccc(F)cc12. The van der Waals surface area contributed by atoms with Crippen molar-refractivity contribution < 1.29 is 23.8 Å². The number of carboxylic acids is 1. The molecule has 2 heterocycles. The van der Waals surface area contributed by atoms with Crippen molar-refractivity contribution in [3.05, 3.63) is 34.5 Å². The van der Waals surface area contributed by atoms with Crippen LogP contribution in [0.4, 0.5) is 4.39 Å². The highest BCUT2D eigenvalue weighted by atomic mass is 32.1. The van der Waals surface area contributed by atoms with Gasteiger partial charge in [0.15, 0.2) is 6.10 Å². The van der Waals surface area contributed by atoms with E-state index in [1.807, 2.05) is 0 Å². The largest absolute Gasteiger partial charge is 0.479 e. The molecule has 0 bridgehead atoms. The van der Waals surface area contributed by atoms with Gasteiger partial charge in [-0.15, -0.1) is 11.3 Å². The highest BCUT2D eigenvalue weighted by molar-refractivity contribution is 7.21. The number of morpholine rings is 1. The summed E-state index contributed by atoms with van der Waals surface area (Å²) in [5.41, 5.74) is 0.725. The molecule has 0 spiro atoms. The van der Waals surface area contributed by atoms with Crippen LogP contribution in [0.3, 0.4) is 0 Å². The number of carbonyl (C=O) groups excluding carboxylic acids is 1. The van der Waals surface area contributed by atoms with Crippen molar-refractivity contribution >= 4 is 33.3 Å². The van der Waals surface area contributed by atoms with Gasteiger partial charge in [0, 0.05) is 11.2 Å². The highest BCUT2D eigenvalue weighted by Gasteiger charge is 2.31. The minimum Gasteiger partial charge on any atom is -0.479 e. The average Bonchev–Trinajstić information content (AvgIpc) is 2.83. The van der Waals surface area contributed by atoms with Crippen molar-refractivity contribution in [2.45, 2.75) is 13.0 Å². The predicted octanol–water partition coefficient (Wildman–Crippen LogP) is 2.27. The number of fused-ring (bicyclic) bond motifs is 1. The van der Waals surface area contributed by atoms with E-state index in [0.29, 0.717) is 11.4 Å². The zero-order valence-electron chi connectivity index (χ0n) is 11.8. The Labute approximate surface area is 129 Å². The van der Waals surface area contributed by atoms with E-state index in [9.17, 15) is 14.0 Å². The lowest BCUT2D eigenvalue weighted by Gasteiger charge is -2.30. The van der Waals surface area contributed by atoms with Gasteiger partial charge in [-0.05, 0) is 36.1 Å². The maximum atomic E-state index is 13.3. The molecule has 1 aromatic heterocycles. The molecule has 1 saturated heterocycles. The van der Waals surface area contributed by atoms with Crippen LogP contribution < -0.4 is 0 Å². The van der Waals surface area contributed by atoms with Crippen LogP contribution in [0.2, 0.25) is 0 Å². The van der Waals surface area contributed by atoms with E-state index < -0.39 is 12.1 Å². The number of aliphatic carboxylic acids is 1. The lowest BCUT2D eigenvalue weighted by atomic mass is 10.1. The van der Waals surface area contributed by atoms with Crippen molar-refractivity contribution in [1.29, 1.82) is 0 Å². The van der Waals surface area contributed by atoms with Crippen LogP contribution in [0.5, 0.6) is 0 Å². The molecule has 1 aromatic carbocycles. The molecule has 0 saturated carbocycles. The number of carboxylic acid groups (broad SMARTS) is 1. The molecule has 1 aliphatic heterocycles. The van der Waals surface area contributed by atoms with E-state index in [1.165, 1.54) is 28.4 Å². The molecule has 0 aliphatic carbocycles. The second-order valence-corrected chi connectivity index (χ2v) is 6.20. The number of rotatable bonds is 2. The Morgan fingerprint density at radius 3 is 2.95 bits per heavy atom. The first-order valence-electron chi connectivity index (χ1n) is 6.79. The molecule has 3 rings (SSSR count). The minimum absolute atomic E-state index is 0.0240. The third kappa shape index (κ3) is 2.57. The number of benzene rings is 1. The lowest BCUT2D eigenvalue weighted by Crippen LogP contribution is -2.48. The van der Waals surface area contributed by atoms with E-state index in [0.717, 1.165) is 15.6 Å².